The molecule has 1 aromatic heterocycles. The summed E-state index contributed by atoms with van der Waals surface area (Å²) < 4.78 is 16.3. The van der Waals surface area contributed by atoms with Crippen LogP contribution in [0, 0.1) is 0 Å². The van der Waals surface area contributed by atoms with E-state index in [2.05, 4.69) is 25.8 Å². The molecule has 190 valence electrons. The summed E-state index contributed by atoms with van der Waals surface area (Å²) in [5.41, 5.74) is 1.23. The van der Waals surface area contributed by atoms with E-state index in [1.54, 1.807) is 12.1 Å². The summed E-state index contributed by atoms with van der Waals surface area (Å²) >= 11 is 0. The molecule has 1 saturated carbocycles. The van der Waals surface area contributed by atoms with Crippen molar-refractivity contribution in [1.29, 1.82) is 0 Å². The van der Waals surface area contributed by atoms with E-state index in [4.69, 9.17) is 14.2 Å². The summed E-state index contributed by atoms with van der Waals surface area (Å²) in [6.07, 6.45) is 3.23. The van der Waals surface area contributed by atoms with Gasteiger partial charge in [-0.1, -0.05) is 0 Å². The van der Waals surface area contributed by atoms with Crippen molar-refractivity contribution in [2.24, 2.45) is 4.99 Å². The van der Waals surface area contributed by atoms with E-state index in [1.165, 1.54) is 19.4 Å². The third-order valence-corrected chi connectivity index (χ3v) is 5.46. The number of aromatic amines is 1. The third-order valence-electron chi connectivity index (χ3n) is 5.46. The van der Waals surface area contributed by atoms with Gasteiger partial charge in [-0.15, -0.1) is 0 Å². The summed E-state index contributed by atoms with van der Waals surface area (Å²) in [6.45, 7) is 5.86. The SMILES string of the molecule is CCN=Cc1c(O)cc(OC)cc1OCC(=O)Nc1cc(C2CCC(OC(=O)NC(C)C)C2)[nH]n1. The number of methoxy groups -OCH3 is 1. The number of rotatable bonds is 10. The number of nitrogens with one attached hydrogen (secondary N) is 3. The van der Waals surface area contributed by atoms with Gasteiger partial charge in [0.1, 0.15) is 23.4 Å². The fourth-order valence-electron chi connectivity index (χ4n) is 3.82. The molecule has 11 nitrogen and oxygen atoms in total. The van der Waals surface area contributed by atoms with Crippen LogP contribution in [0.3, 0.4) is 0 Å². The number of phenols is 1. The Morgan fingerprint density at radius 1 is 1.31 bits per heavy atom. The normalized spacial score (nSPS) is 17.5. The number of carbonyl (C=O) groups is 2. The monoisotopic (exact) mass is 487 g/mol. The number of nitrogens with zero attached hydrogens (tertiary/aromatic N) is 2. The van der Waals surface area contributed by atoms with Gasteiger partial charge < -0.3 is 30.0 Å². The number of H-pyrrole nitrogens is 1. The molecule has 0 aliphatic heterocycles. The average molecular weight is 488 g/mol. The van der Waals surface area contributed by atoms with Crippen molar-refractivity contribution in [2.45, 2.75) is 58.1 Å². The second-order valence-corrected chi connectivity index (χ2v) is 8.57. The Morgan fingerprint density at radius 3 is 2.83 bits per heavy atom. The molecular weight excluding hydrogens is 454 g/mol. The molecule has 0 bridgehead atoms. The standard InChI is InChI=1S/C24H33N5O6/c1-5-25-12-18-20(30)9-17(33-4)10-21(18)34-13-23(31)27-22-11-19(28-29-22)15-6-7-16(8-15)35-24(32)26-14(2)3/h9-12,14-16,30H,5-8,13H2,1-4H3,(H,26,32)(H2,27,28,29,31). The maximum absolute atomic E-state index is 12.5. The van der Waals surface area contributed by atoms with Crippen molar-refractivity contribution < 1.29 is 28.9 Å². The predicted octanol–water partition coefficient (Wildman–Crippen LogP) is 3.35. The number of hydrogen-bond acceptors (Lipinski definition) is 8. The van der Waals surface area contributed by atoms with Crippen LogP contribution in [-0.2, 0) is 9.53 Å². The van der Waals surface area contributed by atoms with E-state index >= 15 is 0 Å². The van der Waals surface area contributed by atoms with Gasteiger partial charge in [0.2, 0.25) is 0 Å². The number of aromatic hydroxyl groups is 1. The van der Waals surface area contributed by atoms with E-state index in [0.29, 0.717) is 30.1 Å². The second-order valence-electron chi connectivity index (χ2n) is 8.57. The lowest BCUT2D eigenvalue weighted by Crippen LogP contribution is -2.33. The highest BCUT2D eigenvalue weighted by Gasteiger charge is 2.30. The first-order chi connectivity index (χ1) is 16.8. The molecule has 0 saturated heterocycles. The van der Waals surface area contributed by atoms with Gasteiger partial charge in [0.05, 0.1) is 12.7 Å². The summed E-state index contributed by atoms with van der Waals surface area (Å²) in [6, 6.07) is 4.82. The van der Waals surface area contributed by atoms with Crippen LogP contribution < -0.4 is 20.1 Å². The van der Waals surface area contributed by atoms with Gasteiger partial charge in [-0.2, -0.15) is 5.10 Å². The number of phenolic OH excluding ortho intramolecular Hbond substituents is 1. The molecule has 1 heterocycles. The van der Waals surface area contributed by atoms with Gasteiger partial charge in [-0.3, -0.25) is 14.9 Å². The Morgan fingerprint density at radius 2 is 2.11 bits per heavy atom. The number of aliphatic imine (C=N–C) groups is 1. The van der Waals surface area contributed by atoms with Gasteiger partial charge in [0.25, 0.3) is 5.91 Å². The third kappa shape index (κ3) is 7.36. The Bertz CT molecular complexity index is 1050. The van der Waals surface area contributed by atoms with Crippen LogP contribution in [0.1, 0.15) is 57.2 Å². The van der Waals surface area contributed by atoms with Crippen LogP contribution in [0.25, 0.3) is 0 Å². The fourth-order valence-corrected chi connectivity index (χ4v) is 3.82. The molecule has 0 radical (unpaired) electrons. The van der Waals surface area contributed by atoms with Crippen molar-refractivity contribution in [1.82, 2.24) is 15.5 Å². The number of aromatic nitrogens is 2. The van der Waals surface area contributed by atoms with Crippen molar-refractivity contribution in [2.75, 3.05) is 25.6 Å². The minimum Gasteiger partial charge on any atom is -0.507 e. The van der Waals surface area contributed by atoms with E-state index in [9.17, 15) is 14.7 Å². The summed E-state index contributed by atoms with van der Waals surface area (Å²) in [7, 11) is 1.47. The largest absolute Gasteiger partial charge is 0.507 e. The summed E-state index contributed by atoms with van der Waals surface area (Å²) in [5.74, 6) is 0.716. The first-order valence-corrected chi connectivity index (χ1v) is 11.6. The Balaban J connectivity index is 1.54. The number of carbonyl (C=O) groups excluding carboxylic acids is 2. The number of alkyl carbamates (subject to hydrolysis) is 1. The highest BCUT2D eigenvalue weighted by Crippen LogP contribution is 2.36. The molecule has 1 aliphatic carbocycles. The van der Waals surface area contributed by atoms with Crippen LogP contribution in [0.15, 0.2) is 23.2 Å². The number of benzene rings is 1. The molecule has 4 N–H and O–H groups in total. The zero-order valence-electron chi connectivity index (χ0n) is 20.5. The molecule has 1 fully saturated rings. The first-order valence-electron chi connectivity index (χ1n) is 11.6. The molecule has 35 heavy (non-hydrogen) atoms. The van der Waals surface area contributed by atoms with E-state index in [-0.39, 0.29) is 36.2 Å². The first kappa shape index (κ1) is 25.9. The average Bonchev–Trinajstić information content (AvgIpc) is 3.45. The van der Waals surface area contributed by atoms with Crippen molar-refractivity contribution in [3.05, 3.63) is 29.5 Å². The van der Waals surface area contributed by atoms with Crippen molar-refractivity contribution in [3.8, 4) is 17.2 Å². The van der Waals surface area contributed by atoms with Crippen LogP contribution in [0.5, 0.6) is 17.2 Å². The maximum Gasteiger partial charge on any atom is 0.407 e. The Labute approximate surface area is 204 Å². The van der Waals surface area contributed by atoms with Crippen LogP contribution >= 0.6 is 0 Å². The number of anilines is 1. The minimum absolute atomic E-state index is 0.0214. The lowest BCUT2D eigenvalue weighted by atomic mass is 10.0. The molecule has 11 heteroatoms. The molecule has 1 aliphatic rings. The maximum atomic E-state index is 12.5. The van der Waals surface area contributed by atoms with Gasteiger partial charge in [0, 0.05) is 48.6 Å². The number of hydrogen-bond donors (Lipinski definition) is 4. The zero-order chi connectivity index (χ0) is 25.4. The highest BCUT2D eigenvalue weighted by atomic mass is 16.6. The zero-order valence-corrected chi connectivity index (χ0v) is 20.5. The van der Waals surface area contributed by atoms with E-state index in [0.717, 1.165) is 18.5 Å². The van der Waals surface area contributed by atoms with Gasteiger partial charge in [-0.05, 0) is 40.0 Å². The summed E-state index contributed by atoms with van der Waals surface area (Å²) in [5, 5.41) is 22.8. The summed E-state index contributed by atoms with van der Waals surface area (Å²) in [4.78, 5) is 28.4. The van der Waals surface area contributed by atoms with E-state index < -0.39 is 12.0 Å². The lowest BCUT2D eigenvalue weighted by Gasteiger charge is -2.14. The van der Waals surface area contributed by atoms with Gasteiger partial charge in [-0.25, -0.2) is 4.79 Å². The Kier molecular flexibility index (Phi) is 8.93. The van der Waals surface area contributed by atoms with E-state index in [1.807, 2.05) is 20.8 Å². The quantitative estimate of drug-likeness (QED) is 0.376. The molecule has 2 aromatic rings. The number of amides is 2. The molecule has 0 spiro atoms. The van der Waals surface area contributed by atoms with Crippen LogP contribution in [-0.4, -0.2) is 65.9 Å². The van der Waals surface area contributed by atoms with Gasteiger partial charge in [0.15, 0.2) is 12.4 Å². The number of ether oxygens (including phenoxy) is 3. The minimum atomic E-state index is -0.415. The molecule has 1 aromatic carbocycles. The lowest BCUT2D eigenvalue weighted by molar-refractivity contribution is -0.118. The second kappa shape index (κ2) is 12.1. The van der Waals surface area contributed by atoms with Crippen LogP contribution in [0.4, 0.5) is 10.6 Å². The highest BCUT2D eigenvalue weighted by molar-refractivity contribution is 5.92. The predicted molar refractivity (Wildman–Crippen MR) is 131 cm³/mol. The molecule has 3 rings (SSSR count). The molecular formula is C24H33N5O6. The molecule has 2 unspecified atom stereocenters. The topological polar surface area (TPSA) is 147 Å². The Hall–Kier alpha value is -3.76. The fraction of sp³-hybridized carbons (Fsp3) is 0.500. The van der Waals surface area contributed by atoms with Crippen LogP contribution in [0.2, 0.25) is 0 Å². The smallest absolute Gasteiger partial charge is 0.407 e. The van der Waals surface area contributed by atoms with Gasteiger partial charge >= 0.3 is 6.09 Å². The van der Waals surface area contributed by atoms with Crippen molar-refractivity contribution in [3.63, 3.8) is 0 Å². The molecule has 2 atom stereocenters. The van der Waals surface area contributed by atoms with Crippen molar-refractivity contribution >= 4 is 24.0 Å². The molecule has 2 amide bonds.